The zero-order chi connectivity index (χ0) is 9.84. The van der Waals surface area contributed by atoms with Crippen LogP contribution in [0.4, 0.5) is 5.69 Å². The van der Waals surface area contributed by atoms with Crippen LogP contribution in [0.3, 0.4) is 0 Å². The van der Waals surface area contributed by atoms with E-state index >= 15 is 0 Å². The van der Waals surface area contributed by atoms with Crippen LogP contribution in [-0.2, 0) is 0 Å². The summed E-state index contributed by atoms with van der Waals surface area (Å²) in [5.74, 6) is 5.19. The molecule has 0 atom stereocenters. The van der Waals surface area contributed by atoms with E-state index in [0.29, 0.717) is 6.67 Å². The summed E-state index contributed by atoms with van der Waals surface area (Å²) in [4.78, 5) is 0. The molecule has 3 heteroatoms. The largest absolute Gasteiger partial charge is 0.371 e. The predicted octanol–water partition coefficient (Wildman–Crippen LogP) is 1.44. The summed E-state index contributed by atoms with van der Waals surface area (Å²) in [7, 11) is 0. The molecule has 1 rings (SSSR count). The van der Waals surface area contributed by atoms with Crippen LogP contribution < -0.4 is 16.6 Å². The van der Waals surface area contributed by atoms with Gasteiger partial charge in [0, 0.05) is 5.69 Å². The molecule has 0 radical (unpaired) electrons. The lowest BCUT2D eigenvalue weighted by Gasteiger charge is -2.12. The van der Waals surface area contributed by atoms with Gasteiger partial charge in [-0.2, -0.15) is 0 Å². The van der Waals surface area contributed by atoms with E-state index in [-0.39, 0.29) is 0 Å². The smallest absolute Gasteiger partial charge is 0.0781 e. The lowest BCUT2D eigenvalue weighted by molar-refractivity contribution is 0.788. The minimum atomic E-state index is 0.588. The molecule has 0 heterocycles. The molecule has 0 aliphatic carbocycles. The molecule has 0 aliphatic heterocycles. The highest BCUT2D eigenvalue weighted by Crippen LogP contribution is 2.21. The third-order valence-electron chi connectivity index (χ3n) is 2.04. The van der Waals surface area contributed by atoms with Gasteiger partial charge in [-0.3, -0.25) is 5.84 Å². The van der Waals surface area contributed by atoms with Crippen molar-refractivity contribution in [2.75, 3.05) is 12.0 Å². The topological polar surface area (TPSA) is 50.1 Å². The van der Waals surface area contributed by atoms with Gasteiger partial charge in [0.05, 0.1) is 6.67 Å². The van der Waals surface area contributed by atoms with Crippen molar-refractivity contribution in [3.05, 3.63) is 28.8 Å². The number of rotatable bonds is 3. The fraction of sp³-hybridized carbons (Fsp3) is 0.400. The van der Waals surface area contributed by atoms with E-state index in [1.165, 1.54) is 22.4 Å². The molecule has 1 aromatic carbocycles. The molecule has 0 unspecified atom stereocenters. The maximum absolute atomic E-state index is 5.19. The number of hydrazine groups is 1. The van der Waals surface area contributed by atoms with E-state index in [1.807, 2.05) is 0 Å². The molecule has 0 saturated carbocycles. The van der Waals surface area contributed by atoms with Gasteiger partial charge < -0.3 is 5.32 Å². The Balaban J connectivity index is 2.92. The molecule has 0 aromatic heterocycles. The van der Waals surface area contributed by atoms with Crippen molar-refractivity contribution < 1.29 is 0 Å². The first kappa shape index (κ1) is 10.0. The second kappa shape index (κ2) is 4.25. The Labute approximate surface area is 79.3 Å². The third kappa shape index (κ3) is 2.44. The first-order valence-corrected chi connectivity index (χ1v) is 4.40. The maximum Gasteiger partial charge on any atom is 0.0781 e. The summed E-state index contributed by atoms with van der Waals surface area (Å²) < 4.78 is 0. The second-order valence-corrected chi connectivity index (χ2v) is 3.33. The molecule has 4 N–H and O–H groups in total. The van der Waals surface area contributed by atoms with Crippen molar-refractivity contribution in [3.8, 4) is 0 Å². The van der Waals surface area contributed by atoms with Crippen LogP contribution in [-0.4, -0.2) is 6.67 Å². The van der Waals surface area contributed by atoms with E-state index in [9.17, 15) is 0 Å². The van der Waals surface area contributed by atoms with Crippen LogP contribution in [0.25, 0.3) is 0 Å². The molecule has 1 aromatic rings. The fourth-order valence-corrected chi connectivity index (χ4v) is 1.60. The molecule has 0 saturated heterocycles. The van der Waals surface area contributed by atoms with E-state index in [1.54, 1.807) is 0 Å². The van der Waals surface area contributed by atoms with Gasteiger partial charge in [0.25, 0.3) is 0 Å². The average molecular weight is 179 g/mol. The second-order valence-electron chi connectivity index (χ2n) is 3.33. The van der Waals surface area contributed by atoms with Gasteiger partial charge in [-0.1, -0.05) is 17.7 Å². The Bertz CT molecular complexity index is 271. The lowest BCUT2D eigenvalue weighted by atomic mass is 10.1. The molecule has 72 valence electrons. The molecule has 0 amide bonds. The Morgan fingerprint density at radius 2 is 1.69 bits per heavy atom. The summed E-state index contributed by atoms with van der Waals surface area (Å²) in [6.45, 7) is 6.88. The van der Waals surface area contributed by atoms with Gasteiger partial charge in [-0.15, -0.1) is 0 Å². The standard InChI is InChI=1S/C10H17N3/c1-7-4-8(2)10(9(3)5-7)12-6-13-11/h4-5,12-13H,6,11H2,1-3H3. The molecular formula is C10H17N3. The SMILES string of the molecule is Cc1cc(C)c(NCNN)c(C)c1. The van der Waals surface area contributed by atoms with Crippen molar-refractivity contribution in [3.63, 3.8) is 0 Å². The lowest BCUT2D eigenvalue weighted by Crippen LogP contribution is -2.28. The maximum atomic E-state index is 5.19. The normalized spacial score (nSPS) is 10.2. The Morgan fingerprint density at radius 1 is 1.15 bits per heavy atom. The first-order valence-electron chi connectivity index (χ1n) is 4.40. The summed E-state index contributed by atoms with van der Waals surface area (Å²) in [6, 6.07) is 4.32. The van der Waals surface area contributed by atoms with Crippen molar-refractivity contribution in [2.45, 2.75) is 20.8 Å². The molecule has 0 fully saturated rings. The molecule has 0 spiro atoms. The summed E-state index contributed by atoms with van der Waals surface area (Å²) in [5, 5.41) is 3.22. The third-order valence-corrected chi connectivity index (χ3v) is 2.04. The van der Waals surface area contributed by atoms with Crippen LogP contribution in [0, 0.1) is 20.8 Å². The molecule has 3 nitrogen and oxygen atoms in total. The average Bonchev–Trinajstić information content (AvgIpc) is 2.02. The van der Waals surface area contributed by atoms with Gasteiger partial charge in [0.2, 0.25) is 0 Å². The van der Waals surface area contributed by atoms with Gasteiger partial charge in [-0.25, -0.2) is 5.43 Å². The van der Waals surface area contributed by atoms with Gasteiger partial charge in [0.1, 0.15) is 0 Å². The van der Waals surface area contributed by atoms with Crippen LogP contribution in [0.15, 0.2) is 12.1 Å². The zero-order valence-electron chi connectivity index (χ0n) is 8.44. The number of hydrogen-bond acceptors (Lipinski definition) is 3. The van der Waals surface area contributed by atoms with Crippen LogP contribution in [0.5, 0.6) is 0 Å². The van der Waals surface area contributed by atoms with Gasteiger partial charge >= 0.3 is 0 Å². The van der Waals surface area contributed by atoms with Crippen LogP contribution >= 0.6 is 0 Å². The molecule has 0 bridgehead atoms. The minimum absolute atomic E-state index is 0.588. The van der Waals surface area contributed by atoms with E-state index in [0.717, 1.165) is 0 Å². The van der Waals surface area contributed by atoms with Crippen molar-refractivity contribution >= 4 is 5.69 Å². The highest BCUT2D eigenvalue weighted by Gasteiger charge is 2.01. The number of benzene rings is 1. The Kier molecular flexibility index (Phi) is 3.28. The van der Waals surface area contributed by atoms with Gasteiger partial charge in [0.15, 0.2) is 0 Å². The van der Waals surface area contributed by atoms with Crippen molar-refractivity contribution in [1.82, 2.24) is 5.43 Å². The summed E-state index contributed by atoms with van der Waals surface area (Å²) in [6.07, 6.45) is 0. The first-order chi connectivity index (χ1) is 6.15. The van der Waals surface area contributed by atoms with Crippen molar-refractivity contribution in [2.24, 2.45) is 5.84 Å². The summed E-state index contributed by atoms with van der Waals surface area (Å²) >= 11 is 0. The van der Waals surface area contributed by atoms with E-state index in [2.05, 4.69) is 43.6 Å². The molecule has 13 heavy (non-hydrogen) atoms. The Morgan fingerprint density at radius 3 is 2.15 bits per heavy atom. The Hall–Kier alpha value is -1.06. The molecular weight excluding hydrogens is 162 g/mol. The predicted molar refractivity (Wildman–Crippen MR) is 56.5 cm³/mol. The number of nitrogens with one attached hydrogen (secondary N) is 2. The minimum Gasteiger partial charge on any atom is -0.371 e. The zero-order valence-corrected chi connectivity index (χ0v) is 8.44. The quantitative estimate of drug-likeness (QED) is 0.374. The van der Waals surface area contributed by atoms with Crippen molar-refractivity contribution in [1.29, 1.82) is 0 Å². The number of anilines is 1. The number of hydrogen-bond donors (Lipinski definition) is 3. The van der Waals surface area contributed by atoms with Crippen LogP contribution in [0.1, 0.15) is 16.7 Å². The van der Waals surface area contributed by atoms with E-state index in [4.69, 9.17) is 5.84 Å². The number of nitrogens with two attached hydrogens (primary N) is 1. The highest BCUT2D eigenvalue weighted by atomic mass is 15.3. The molecule has 0 aliphatic rings. The van der Waals surface area contributed by atoms with Gasteiger partial charge in [-0.05, 0) is 31.9 Å². The number of aryl methyl sites for hydroxylation is 3. The summed E-state index contributed by atoms with van der Waals surface area (Å²) in [5.41, 5.74) is 7.55. The van der Waals surface area contributed by atoms with E-state index < -0.39 is 0 Å². The van der Waals surface area contributed by atoms with Crippen LogP contribution in [0.2, 0.25) is 0 Å². The fourth-order valence-electron chi connectivity index (χ4n) is 1.60. The monoisotopic (exact) mass is 179 g/mol. The highest BCUT2D eigenvalue weighted by molar-refractivity contribution is 5.57.